The van der Waals surface area contributed by atoms with Crippen LogP contribution in [0.4, 0.5) is 0 Å². The van der Waals surface area contributed by atoms with Gasteiger partial charge in [0.15, 0.2) is 0 Å². The van der Waals surface area contributed by atoms with E-state index < -0.39 is 0 Å². The molecule has 120 valence electrons. The van der Waals surface area contributed by atoms with Gasteiger partial charge in [0.1, 0.15) is 11.4 Å². The molecule has 0 saturated heterocycles. The van der Waals surface area contributed by atoms with Gasteiger partial charge >= 0.3 is 0 Å². The first kappa shape index (κ1) is 16.6. The van der Waals surface area contributed by atoms with Gasteiger partial charge in [0.2, 0.25) is 0 Å². The number of hydrogen-bond donors (Lipinski definition) is 2. The van der Waals surface area contributed by atoms with E-state index in [1.807, 2.05) is 18.2 Å². The molecule has 0 saturated carbocycles. The molecule has 0 spiro atoms. The lowest BCUT2D eigenvalue weighted by molar-refractivity contribution is 0.307. The second kappa shape index (κ2) is 8.59. The summed E-state index contributed by atoms with van der Waals surface area (Å²) in [5, 5.41) is 11.0. The summed E-state index contributed by atoms with van der Waals surface area (Å²) in [6, 6.07) is 8.17. The van der Waals surface area contributed by atoms with Crippen molar-refractivity contribution in [3.8, 4) is 17.0 Å². The van der Waals surface area contributed by atoms with Gasteiger partial charge in [-0.25, -0.2) is 0 Å². The van der Waals surface area contributed by atoms with Gasteiger partial charge in [0.05, 0.1) is 6.61 Å². The lowest BCUT2D eigenvalue weighted by Crippen LogP contribution is -2.12. The number of aromatic nitrogens is 2. The van der Waals surface area contributed by atoms with E-state index in [0.29, 0.717) is 0 Å². The SMILES string of the molecule is CCCCCOc1ccccc1-c1n[nH]c(C)c1CNCC. The van der Waals surface area contributed by atoms with Gasteiger partial charge in [-0.3, -0.25) is 5.10 Å². The highest BCUT2D eigenvalue weighted by Crippen LogP contribution is 2.32. The van der Waals surface area contributed by atoms with Crippen molar-refractivity contribution in [2.75, 3.05) is 13.2 Å². The Morgan fingerprint density at radius 2 is 2.00 bits per heavy atom. The van der Waals surface area contributed by atoms with E-state index in [1.165, 1.54) is 18.4 Å². The van der Waals surface area contributed by atoms with Crippen LogP contribution in [0.25, 0.3) is 11.3 Å². The van der Waals surface area contributed by atoms with E-state index in [0.717, 1.165) is 48.8 Å². The summed E-state index contributed by atoms with van der Waals surface area (Å²) >= 11 is 0. The number of aromatic amines is 1. The van der Waals surface area contributed by atoms with Crippen LogP contribution < -0.4 is 10.1 Å². The molecular formula is C18H27N3O. The van der Waals surface area contributed by atoms with Gasteiger partial charge in [-0.05, 0) is 32.0 Å². The van der Waals surface area contributed by atoms with Crippen LogP contribution in [0.3, 0.4) is 0 Å². The molecule has 0 amide bonds. The van der Waals surface area contributed by atoms with Crippen molar-refractivity contribution in [1.29, 1.82) is 0 Å². The molecule has 2 N–H and O–H groups in total. The largest absolute Gasteiger partial charge is 0.493 e. The van der Waals surface area contributed by atoms with Gasteiger partial charge in [-0.2, -0.15) is 5.10 Å². The minimum atomic E-state index is 0.761. The fourth-order valence-corrected chi connectivity index (χ4v) is 2.46. The molecule has 2 aromatic rings. The third kappa shape index (κ3) is 4.10. The summed E-state index contributed by atoms with van der Waals surface area (Å²) in [6.07, 6.45) is 3.50. The molecule has 0 bridgehead atoms. The Morgan fingerprint density at radius 3 is 2.77 bits per heavy atom. The van der Waals surface area contributed by atoms with Crippen LogP contribution in [0.1, 0.15) is 44.4 Å². The fraction of sp³-hybridized carbons (Fsp3) is 0.500. The second-order valence-electron chi connectivity index (χ2n) is 5.51. The Balaban J connectivity index is 2.21. The van der Waals surface area contributed by atoms with Gasteiger partial charge < -0.3 is 10.1 Å². The van der Waals surface area contributed by atoms with Crippen LogP contribution in [-0.4, -0.2) is 23.3 Å². The Hall–Kier alpha value is -1.81. The topological polar surface area (TPSA) is 49.9 Å². The monoisotopic (exact) mass is 301 g/mol. The molecule has 0 atom stereocenters. The first-order chi connectivity index (χ1) is 10.8. The standard InChI is InChI=1S/C18H27N3O/c1-4-6-9-12-22-17-11-8-7-10-15(17)18-16(13-19-5-2)14(3)20-21-18/h7-8,10-11,19H,4-6,9,12-13H2,1-3H3,(H,20,21). The maximum atomic E-state index is 5.99. The number of benzene rings is 1. The maximum Gasteiger partial charge on any atom is 0.128 e. The van der Waals surface area contributed by atoms with E-state index in [1.54, 1.807) is 0 Å². The molecule has 2 rings (SSSR count). The number of aryl methyl sites for hydroxylation is 1. The molecule has 0 unspecified atom stereocenters. The number of rotatable bonds is 9. The Kier molecular flexibility index (Phi) is 6.46. The molecule has 0 radical (unpaired) electrons. The zero-order valence-electron chi connectivity index (χ0n) is 13.9. The number of para-hydroxylation sites is 1. The van der Waals surface area contributed by atoms with E-state index in [4.69, 9.17) is 4.74 Å². The summed E-state index contributed by atoms with van der Waals surface area (Å²) in [5.74, 6) is 0.919. The van der Waals surface area contributed by atoms with Gasteiger partial charge in [-0.15, -0.1) is 0 Å². The van der Waals surface area contributed by atoms with Crippen molar-refractivity contribution < 1.29 is 4.74 Å². The summed E-state index contributed by atoms with van der Waals surface area (Å²) < 4.78 is 5.99. The lowest BCUT2D eigenvalue weighted by Gasteiger charge is -2.11. The predicted octanol–water partition coefficient (Wildman–Crippen LogP) is 4.06. The zero-order valence-corrected chi connectivity index (χ0v) is 13.9. The number of hydrogen-bond acceptors (Lipinski definition) is 3. The molecule has 1 aromatic heterocycles. The summed E-state index contributed by atoms with van der Waals surface area (Å²) in [7, 11) is 0. The maximum absolute atomic E-state index is 5.99. The Labute approximate surface area is 133 Å². The van der Waals surface area contributed by atoms with Crippen LogP contribution in [0, 0.1) is 6.92 Å². The van der Waals surface area contributed by atoms with Crippen molar-refractivity contribution in [3.63, 3.8) is 0 Å². The van der Waals surface area contributed by atoms with Crippen molar-refractivity contribution in [3.05, 3.63) is 35.5 Å². The number of ether oxygens (including phenoxy) is 1. The highest BCUT2D eigenvalue weighted by Gasteiger charge is 2.15. The third-order valence-electron chi connectivity index (χ3n) is 3.77. The highest BCUT2D eigenvalue weighted by molar-refractivity contribution is 5.70. The molecule has 0 aliphatic rings. The lowest BCUT2D eigenvalue weighted by atomic mass is 10.0. The molecule has 1 aromatic carbocycles. The quantitative estimate of drug-likeness (QED) is 0.687. The molecule has 22 heavy (non-hydrogen) atoms. The first-order valence-electron chi connectivity index (χ1n) is 8.24. The van der Waals surface area contributed by atoms with Crippen LogP contribution in [0.5, 0.6) is 5.75 Å². The van der Waals surface area contributed by atoms with E-state index in [2.05, 4.69) is 42.4 Å². The molecule has 4 nitrogen and oxygen atoms in total. The molecule has 0 aliphatic carbocycles. The zero-order chi connectivity index (χ0) is 15.8. The summed E-state index contributed by atoms with van der Waals surface area (Å²) in [5.41, 5.74) is 4.38. The van der Waals surface area contributed by atoms with E-state index in [9.17, 15) is 0 Å². The Morgan fingerprint density at radius 1 is 1.18 bits per heavy atom. The third-order valence-corrected chi connectivity index (χ3v) is 3.77. The van der Waals surface area contributed by atoms with Crippen molar-refractivity contribution >= 4 is 0 Å². The minimum Gasteiger partial charge on any atom is -0.493 e. The van der Waals surface area contributed by atoms with E-state index in [-0.39, 0.29) is 0 Å². The second-order valence-corrected chi connectivity index (χ2v) is 5.51. The highest BCUT2D eigenvalue weighted by atomic mass is 16.5. The number of nitrogens with one attached hydrogen (secondary N) is 2. The smallest absolute Gasteiger partial charge is 0.128 e. The average Bonchev–Trinajstić information content (AvgIpc) is 2.90. The molecule has 1 heterocycles. The summed E-state index contributed by atoms with van der Waals surface area (Å²) in [6.45, 7) is 8.90. The van der Waals surface area contributed by atoms with Crippen LogP contribution >= 0.6 is 0 Å². The fourth-order valence-electron chi connectivity index (χ4n) is 2.46. The molecule has 4 heteroatoms. The average molecular weight is 301 g/mol. The predicted molar refractivity (Wildman–Crippen MR) is 91.2 cm³/mol. The van der Waals surface area contributed by atoms with E-state index >= 15 is 0 Å². The van der Waals surface area contributed by atoms with Crippen LogP contribution in [0.15, 0.2) is 24.3 Å². The van der Waals surface area contributed by atoms with Gasteiger partial charge in [-0.1, -0.05) is 38.8 Å². The number of unbranched alkanes of at least 4 members (excludes halogenated alkanes) is 2. The molecule has 0 aliphatic heterocycles. The van der Waals surface area contributed by atoms with Crippen molar-refractivity contribution in [2.24, 2.45) is 0 Å². The van der Waals surface area contributed by atoms with Crippen molar-refractivity contribution in [2.45, 2.75) is 46.6 Å². The van der Waals surface area contributed by atoms with Gasteiger partial charge in [0.25, 0.3) is 0 Å². The summed E-state index contributed by atoms with van der Waals surface area (Å²) in [4.78, 5) is 0. The van der Waals surface area contributed by atoms with Gasteiger partial charge in [0, 0.05) is 23.4 Å². The molecule has 0 fully saturated rings. The molecular weight excluding hydrogens is 274 g/mol. The normalized spacial score (nSPS) is 10.9. The van der Waals surface area contributed by atoms with Crippen LogP contribution in [-0.2, 0) is 6.54 Å². The number of H-pyrrole nitrogens is 1. The Bertz CT molecular complexity index is 577. The number of nitrogens with zero attached hydrogens (tertiary/aromatic N) is 1. The van der Waals surface area contributed by atoms with Crippen LogP contribution in [0.2, 0.25) is 0 Å². The van der Waals surface area contributed by atoms with Crippen molar-refractivity contribution in [1.82, 2.24) is 15.5 Å². The first-order valence-corrected chi connectivity index (χ1v) is 8.24. The minimum absolute atomic E-state index is 0.761.